The van der Waals surface area contributed by atoms with Crippen molar-refractivity contribution in [1.82, 2.24) is 19.7 Å². The fourth-order valence-electron chi connectivity index (χ4n) is 2.75. The van der Waals surface area contributed by atoms with Gasteiger partial charge in [-0.15, -0.1) is 0 Å². The average Bonchev–Trinajstić information content (AvgIpc) is 3.18. The van der Waals surface area contributed by atoms with Crippen molar-refractivity contribution in [3.05, 3.63) is 71.4 Å². The van der Waals surface area contributed by atoms with Crippen LogP contribution >= 0.6 is 23.4 Å². The van der Waals surface area contributed by atoms with Crippen molar-refractivity contribution in [2.75, 3.05) is 11.1 Å². The summed E-state index contributed by atoms with van der Waals surface area (Å²) in [5.74, 6) is -0.589. The first kappa shape index (κ1) is 19.8. The number of anilines is 1. The standard InChI is InChI=1S/C20H12ClFN6OS/c21-13-2-1-12(8-23)17(7-13)27-18(29)10-30-20-16-9-26-28(19(16)24-11-25-20)15-5-3-14(22)4-6-15/h1-7,9,11H,10H2,(H,27,29). The Balaban J connectivity index is 1.52. The van der Waals surface area contributed by atoms with E-state index in [0.717, 1.165) is 0 Å². The average molecular weight is 439 g/mol. The summed E-state index contributed by atoms with van der Waals surface area (Å²) in [5, 5.41) is 17.8. The zero-order chi connectivity index (χ0) is 21.1. The molecule has 4 rings (SSSR count). The van der Waals surface area contributed by atoms with Crippen molar-refractivity contribution >= 4 is 46.0 Å². The molecule has 0 saturated carbocycles. The predicted octanol–water partition coefficient (Wildman–Crippen LogP) is 4.21. The minimum atomic E-state index is -0.341. The Kier molecular flexibility index (Phi) is 5.61. The minimum absolute atomic E-state index is 0.0607. The van der Waals surface area contributed by atoms with Crippen LogP contribution in [-0.2, 0) is 4.79 Å². The van der Waals surface area contributed by atoms with Crippen molar-refractivity contribution in [2.45, 2.75) is 5.03 Å². The topological polar surface area (TPSA) is 96.5 Å². The number of nitrogens with one attached hydrogen (secondary N) is 1. The number of benzene rings is 2. The summed E-state index contributed by atoms with van der Waals surface area (Å²) < 4.78 is 14.8. The molecule has 4 aromatic rings. The van der Waals surface area contributed by atoms with E-state index in [4.69, 9.17) is 16.9 Å². The van der Waals surface area contributed by atoms with E-state index in [0.29, 0.717) is 38.0 Å². The number of rotatable bonds is 5. The Labute approximate surface area is 179 Å². The van der Waals surface area contributed by atoms with Crippen LogP contribution in [0.25, 0.3) is 16.7 Å². The fourth-order valence-corrected chi connectivity index (χ4v) is 3.68. The molecule has 0 aliphatic heterocycles. The second-order valence-corrected chi connectivity index (χ2v) is 7.49. The van der Waals surface area contributed by atoms with Gasteiger partial charge in [-0.25, -0.2) is 19.0 Å². The molecule has 1 amide bonds. The molecule has 0 fully saturated rings. The maximum absolute atomic E-state index is 13.2. The highest BCUT2D eigenvalue weighted by Crippen LogP contribution is 2.26. The number of aromatic nitrogens is 4. The van der Waals surface area contributed by atoms with Gasteiger partial charge >= 0.3 is 0 Å². The molecule has 0 unspecified atom stereocenters. The molecule has 1 N–H and O–H groups in total. The molecule has 2 aromatic heterocycles. The largest absolute Gasteiger partial charge is 0.324 e. The van der Waals surface area contributed by atoms with Crippen molar-refractivity contribution in [3.8, 4) is 11.8 Å². The van der Waals surface area contributed by atoms with Gasteiger partial charge in [0.2, 0.25) is 5.91 Å². The Bertz CT molecular complexity index is 1280. The molecule has 0 aliphatic rings. The summed E-state index contributed by atoms with van der Waals surface area (Å²) in [7, 11) is 0. The maximum Gasteiger partial charge on any atom is 0.234 e. The molecule has 2 heterocycles. The van der Waals surface area contributed by atoms with Crippen LogP contribution in [0.5, 0.6) is 0 Å². The van der Waals surface area contributed by atoms with Gasteiger partial charge in [-0.05, 0) is 42.5 Å². The van der Waals surface area contributed by atoms with E-state index in [-0.39, 0.29) is 17.5 Å². The van der Waals surface area contributed by atoms with E-state index in [2.05, 4.69) is 20.4 Å². The van der Waals surface area contributed by atoms with E-state index in [1.165, 1.54) is 36.3 Å². The molecule has 0 aliphatic carbocycles. The SMILES string of the molecule is N#Cc1ccc(Cl)cc1NC(=O)CSc1ncnc2c1cnn2-c1ccc(F)cc1. The summed E-state index contributed by atoms with van der Waals surface area (Å²) in [5.41, 5.74) is 1.88. The van der Waals surface area contributed by atoms with E-state index >= 15 is 0 Å². The van der Waals surface area contributed by atoms with Crippen LogP contribution < -0.4 is 5.32 Å². The first-order valence-electron chi connectivity index (χ1n) is 8.62. The molecule has 10 heteroatoms. The van der Waals surface area contributed by atoms with Gasteiger partial charge < -0.3 is 5.32 Å². The third-order valence-electron chi connectivity index (χ3n) is 4.12. The molecule has 0 bridgehead atoms. The highest BCUT2D eigenvalue weighted by molar-refractivity contribution is 8.00. The van der Waals surface area contributed by atoms with E-state index in [9.17, 15) is 9.18 Å². The van der Waals surface area contributed by atoms with Gasteiger partial charge in [0.1, 0.15) is 23.2 Å². The lowest BCUT2D eigenvalue weighted by atomic mass is 10.2. The zero-order valence-corrected chi connectivity index (χ0v) is 16.8. The number of hydrogen-bond acceptors (Lipinski definition) is 6. The number of hydrogen-bond donors (Lipinski definition) is 1. The summed E-state index contributed by atoms with van der Waals surface area (Å²) in [6, 6.07) is 12.6. The Morgan fingerprint density at radius 1 is 1.23 bits per heavy atom. The number of fused-ring (bicyclic) bond motifs is 1. The lowest BCUT2D eigenvalue weighted by Gasteiger charge is -2.07. The van der Waals surface area contributed by atoms with E-state index in [1.54, 1.807) is 35.1 Å². The van der Waals surface area contributed by atoms with Crippen molar-refractivity contribution < 1.29 is 9.18 Å². The summed E-state index contributed by atoms with van der Waals surface area (Å²) in [6.07, 6.45) is 2.98. The number of nitriles is 1. The van der Waals surface area contributed by atoms with Crippen LogP contribution in [-0.4, -0.2) is 31.4 Å². The van der Waals surface area contributed by atoms with Crippen LogP contribution in [0.4, 0.5) is 10.1 Å². The van der Waals surface area contributed by atoms with Crippen LogP contribution in [0.2, 0.25) is 5.02 Å². The van der Waals surface area contributed by atoms with Crippen molar-refractivity contribution in [1.29, 1.82) is 5.26 Å². The summed E-state index contributed by atoms with van der Waals surface area (Å²) >= 11 is 7.16. The number of halogens is 2. The highest BCUT2D eigenvalue weighted by atomic mass is 35.5. The Hall–Kier alpha value is -3.48. The van der Waals surface area contributed by atoms with Crippen LogP contribution in [0.3, 0.4) is 0 Å². The lowest BCUT2D eigenvalue weighted by molar-refractivity contribution is -0.113. The lowest BCUT2D eigenvalue weighted by Crippen LogP contribution is -2.15. The van der Waals surface area contributed by atoms with Gasteiger partial charge in [-0.2, -0.15) is 10.4 Å². The molecule has 0 radical (unpaired) electrons. The number of amides is 1. The number of nitrogens with zero attached hydrogens (tertiary/aromatic N) is 5. The number of thioether (sulfide) groups is 1. The van der Waals surface area contributed by atoms with Gasteiger partial charge in [0.15, 0.2) is 5.65 Å². The third kappa shape index (κ3) is 4.10. The first-order chi connectivity index (χ1) is 14.5. The monoisotopic (exact) mass is 438 g/mol. The second-order valence-electron chi connectivity index (χ2n) is 6.09. The minimum Gasteiger partial charge on any atom is -0.324 e. The fraction of sp³-hybridized carbons (Fsp3) is 0.0500. The molecule has 2 aromatic carbocycles. The van der Waals surface area contributed by atoms with Gasteiger partial charge in [0, 0.05) is 5.02 Å². The molecule has 7 nitrogen and oxygen atoms in total. The van der Waals surface area contributed by atoms with Gasteiger partial charge in [0.25, 0.3) is 0 Å². The Morgan fingerprint density at radius 3 is 2.80 bits per heavy atom. The van der Waals surface area contributed by atoms with Crippen molar-refractivity contribution in [3.63, 3.8) is 0 Å². The highest BCUT2D eigenvalue weighted by Gasteiger charge is 2.14. The molecular formula is C20H12ClFN6OS. The second kappa shape index (κ2) is 8.49. The molecule has 0 spiro atoms. The Morgan fingerprint density at radius 2 is 2.03 bits per heavy atom. The zero-order valence-electron chi connectivity index (χ0n) is 15.2. The van der Waals surface area contributed by atoms with Crippen LogP contribution in [0.1, 0.15) is 5.56 Å². The normalized spacial score (nSPS) is 10.7. The van der Waals surface area contributed by atoms with Gasteiger partial charge in [-0.1, -0.05) is 23.4 Å². The van der Waals surface area contributed by atoms with Gasteiger partial charge in [-0.3, -0.25) is 4.79 Å². The van der Waals surface area contributed by atoms with Crippen molar-refractivity contribution in [2.24, 2.45) is 0 Å². The number of carbonyl (C=O) groups is 1. The van der Waals surface area contributed by atoms with Crippen LogP contribution in [0.15, 0.2) is 60.0 Å². The van der Waals surface area contributed by atoms with Crippen LogP contribution in [0, 0.1) is 17.1 Å². The third-order valence-corrected chi connectivity index (χ3v) is 5.36. The summed E-state index contributed by atoms with van der Waals surface area (Å²) in [6.45, 7) is 0. The maximum atomic E-state index is 13.2. The summed E-state index contributed by atoms with van der Waals surface area (Å²) in [4.78, 5) is 20.9. The quantitative estimate of drug-likeness (QED) is 0.370. The van der Waals surface area contributed by atoms with E-state index < -0.39 is 0 Å². The number of carbonyl (C=O) groups excluding carboxylic acids is 1. The molecule has 30 heavy (non-hydrogen) atoms. The first-order valence-corrected chi connectivity index (χ1v) is 9.98. The molecule has 0 atom stereocenters. The smallest absolute Gasteiger partial charge is 0.234 e. The predicted molar refractivity (Wildman–Crippen MR) is 112 cm³/mol. The van der Waals surface area contributed by atoms with E-state index in [1.807, 2.05) is 6.07 Å². The van der Waals surface area contributed by atoms with Gasteiger partial charge in [0.05, 0.1) is 34.3 Å². The molecular weight excluding hydrogens is 427 g/mol. The molecule has 0 saturated heterocycles. The molecule has 148 valence electrons.